The fourth-order valence-corrected chi connectivity index (χ4v) is 3.75. The van der Waals surface area contributed by atoms with Gasteiger partial charge in [0.1, 0.15) is 4.21 Å². The summed E-state index contributed by atoms with van der Waals surface area (Å²) in [6.07, 6.45) is 1.41. The van der Waals surface area contributed by atoms with Crippen molar-refractivity contribution >= 4 is 38.2 Å². The smallest absolute Gasteiger partial charge is 0.250 e. The van der Waals surface area contributed by atoms with Gasteiger partial charge in [-0.15, -0.1) is 11.3 Å². The molecule has 0 fully saturated rings. The average molecular weight is 296 g/mol. The monoisotopic (exact) mass is 295 g/mol. The molecular formula is C10H14ClNO3S2. The van der Waals surface area contributed by atoms with E-state index >= 15 is 0 Å². The Morgan fingerprint density at radius 1 is 1.47 bits per heavy atom. The Labute approximate surface area is 110 Å². The SMILES string of the molecule is CCc1ccc(S(=O)(=O)NCCCC(=O)Cl)s1. The zero-order valence-electron chi connectivity index (χ0n) is 9.40. The highest BCUT2D eigenvalue weighted by atomic mass is 35.5. The standard InChI is InChI=1S/C10H14ClNO3S2/c1-2-8-5-6-10(16-8)17(14,15)12-7-3-4-9(11)13/h5-6,12H,2-4,7H2,1H3. The number of carbonyl (C=O) groups excluding carboxylic acids is 1. The van der Waals surface area contributed by atoms with E-state index in [1.165, 1.54) is 11.3 Å². The zero-order chi connectivity index (χ0) is 12.9. The van der Waals surface area contributed by atoms with Crippen LogP contribution in [-0.4, -0.2) is 20.2 Å². The molecule has 7 heteroatoms. The van der Waals surface area contributed by atoms with Crippen molar-refractivity contribution in [2.75, 3.05) is 6.54 Å². The molecule has 0 aromatic carbocycles. The number of hydrogen-bond donors (Lipinski definition) is 1. The molecule has 0 spiro atoms. The largest absolute Gasteiger partial charge is 0.281 e. The van der Waals surface area contributed by atoms with Crippen LogP contribution in [0.5, 0.6) is 0 Å². The van der Waals surface area contributed by atoms with Crippen molar-refractivity contribution in [1.29, 1.82) is 0 Å². The van der Waals surface area contributed by atoms with Gasteiger partial charge in [-0.2, -0.15) is 0 Å². The molecule has 0 aliphatic heterocycles. The van der Waals surface area contributed by atoms with Crippen LogP contribution in [0.1, 0.15) is 24.6 Å². The third kappa shape index (κ3) is 4.75. The Hall–Kier alpha value is -0.430. The van der Waals surface area contributed by atoms with Crippen molar-refractivity contribution < 1.29 is 13.2 Å². The van der Waals surface area contributed by atoms with E-state index in [2.05, 4.69) is 4.72 Å². The third-order valence-corrected chi connectivity index (χ3v) is 5.46. The molecule has 0 aliphatic carbocycles. The van der Waals surface area contributed by atoms with E-state index in [1.807, 2.05) is 13.0 Å². The molecule has 0 atom stereocenters. The predicted molar refractivity (Wildman–Crippen MR) is 69.0 cm³/mol. The maximum absolute atomic E-state index is 11.8. The maximum atomic E-state index is 11.8. The summed E-state index contributed by atoms with van der Waals surface area (Å²) < 4.78 is 26.3. The van der Waals surface area contributed by atoms with E-state index in [0.717, 1.165) is 11.3 Å². The van der Waals surface area contributed by atoms with Crippen LogP contribution in [0.4, 0.5) is 0 Å². The van der Waals surface area contributed by atoms with Crippen LogP contribution in [-0.2, 0) is 21.2 Å². The molecule has 1 rings (SSSR count). The molecule has 0 saturated heterocycles. The summed E-state index contributed by atoms with van der Waals surface area (Å²) >= 11 is 6.41. The average Bonchev–Trinajstić information content (AvgIpc) is 2.73. The number of halogens is 1. The van der Waals surface area contributed by atoms with Crippen LogP contribution in [0.3, 0.4) is 0 Å². The lowest BCUT2D eigenvalue weighted by atomic mass is 10.3. The molecule has 17 heavy (non-hydrogen) atoms. The Morgan fingerprint density at radius 2 is 2.18 bits per heavy atom. The molecule has 1 aromatic heterocycles. The number of nitrogens with one attached hydrogen (secondary N) is 1. The van der Waals surface area contributed by atoms with Crippen molar-refractivity contribution in [2.45, 2.75) is 30.4 Å². The Morgan fingerprint density at radius 3 is 2.71 bits per heavy atom. The van der Waals surface area contributed by atoms with Gasteiger partial charge in [-0.1, -0.05) is 6.92 Å². The molecule has 96 valence electrons. The first-order valence-electron chi connectivity index (χ1n) is 5.22. The minimum atomic E-state index is -3.43. The molecule has 0 radical (unpaired) electrons. The minimum absolute atomic E-state index is 0.175. The molecule has 1 aromatic rings. The summed E-state index contributed by atoms with van der Waals surface area (Å²) in [5.41, 5.74) is 0. The first-order chi connectivity index (χ1) is 7.95. The van der Waals surface area contributed by atoms with E-state index in [-0.39, 0.29) is 13.0 Å². The number of aryl methyl sites for hydroxylation is 1. The second-order valence-corrected chi connectivity index (χ2v) is 7.01. The summed E-state index contributed by atoms with van der Waals surface area (Å²) in [4.78, 5) is 11.5. The molecular weight excluding hydrogens is 282 g/mol. The molecule has 0 unspecified atom stereocenters. The molecule has 4 nitrogen and oxygen atoms in total. The highest BCUT2D eigenvalue weighted by Gasteiger charge is 2.15. The van der Waals surface area contributed by atoms with E-state index in [9.17, 15) is 13.2 Å². The predicted octanol–water partition coefficient (Wildman–Crippen LogP) is 2.13. The Kier molecular flexibility index (Phi) is 5.58. The highest BCUT2D eigenvalue weighted by molar-refractivity contribution is 7.91. The number of sulfonamides is 1. The summed E-state index contributed by atoms with van der Waals surface area (Å²) in [5, 5.41) is -0.450. The highest BCUT2D eigenvalue weighted by Crippen LogP contribution is 2.21. The summed E-state index contributed by atoms with van der Waals surface area (Å²) in [6.45, 7) is 2.20. The van der Waals surface area contributed by atoms with Crippen molar-refractivity contribution in [3.63, 3.8) is 0 Å². The van der Waals surface area contributed by atoms with Gasteiger partial charge in [-0.05, 0) is 36.6 Å². The van der Waals surface area contributed by atoms with Crippen molar-refractivity contribution in [1.82, 2.24) is 4.72 Å². The maximum Gasteiger partial charge on any atom is 0.250 e. The fraction of sp³-hybridized carbons (Fsp3) is 0.500. The van der Waals surface area contributed by atoms with Gasteiger partial charge in [0.15, 0.2) is 0 Å². The molecule has 0 bridgehead atoms. The normalized spacial score (nSPS) is 11.6. The van der Waals surface area contributed by atoms with Gasteiger partial charge in [0.25, 0.3) is 0 Å². The van der Waals surface area contributed by atoms with Crippen molar-refractivity contribution in [2.24, 2.45) is 0 Å². The van der Waals surface area contributed by atoms with Crippen LogP contribution < -0.4 is 4.72 Å². The van der Waals surface area contributed by atoms with Gasteiger partial charge in [0.2, 0.25) is 15.3 Å². The van der Waals surface area contributed by atoms with Crippen LogP contribution in [0.2, 0.25) is 0 Å². The van der Waals surface area contributed by atoms with E-state index in [0.29, 0.717) is 10.6 Å². The molecule has 0 amide bonds. The van der Waals surface area contributed by atoms with Gasteiger partial charge in [0.05, 0.1) is 0 Å². The summed E-state index contributed by atoms with van der Waals surface area (Å²) in [5.74, 6) is 0. The summed E-state index contributed by atoms with van der Waals surface area (Å²) in [6, 6.07) is 3.40. The Balaban J connectivity index is 2.53. The fourth-order valence-electron chi connectivity index (χ4n) is 1.20. The van der Waals surface area contributed by atoms with Gasteiger partial charge < -0.3 is 0 Å². The second kappa shape index (κ2) is 6.49. The number of thiophene rings is 1. The summed E-state index contributed by atoms with van der Waals surface area (Å²) in [7, 11) is -3.43. The topological polar surface area (TPSA) is 63.2 Å². The van der Waals surface area contributed by atoms with Crippen molar-refractivity contribution in [3.8, 4) is 0 Å². The van der Waals surface area contributed by atoms with Gasteiger partial charge in [0, 0.05) is 17.8 Å². The van der Waals surface area contributed by atoms with Crippen LogP contribution in [0.25, 0.3) is 0 Å². The van der Waals surface area contributed by atoms with Crippen molar-refractivity contribution in [3.05, 3.63) is 17.0 Å². The number of hydrogen-bond acceptors (Lipinski definition) is 4. The van der Waals surface area contributed by atoms with Gasteiger partial charge >= 0.3 is 0 Å². The first kappa shape index (κ1) is 14.6. The van der Waals surface area contributed by atoms with Gasteiger partial charge in [-0.3, -0.25) is 4.79 Å². The third-order valence-electron chi connectivity index (χ3n) is 2.09. The van der Waals surface area contributed by atoms with Crippen LogP contribution in [0, 0.1) is 0 Å². The minimum Gasteiger partial charge on any atom is -0.281 e. The van der Waals surface area contributed by atoms with Crippen LogP contribution in [0.15, 0.2) is 16.3 Å². The molecule has 1 heterocycles. The molecule has 1 N–H and O–H groups in total. The van der Waals surface area contributed by atoms with Crippen LogP contribution >= 0.6 is 22.9 Å². The van der Waals surface area contributed by atoms with E-state index in [4.69, 9.17) is 11.6 Å². The first-order valence-corrected chi connectivity index (χ1v) is 7.90. The second-order valence-electron chi connectivity index (χ2n) is 3.43. The quantitative estimate of drug-likeness (QED) is 0.619. The molecule has 0 saturated carbocycles. The zero-order valence-corrected chi connectivity index (χ0v) is 11.8. The Bertz CT molecular complexity index is 481. The lowest BCUT2D eigenvalue weighted by Crippen LogP contribution is -2.24. The van der Waals surface area contributed by atoms with E-state index < -0.39 is 15.3 Å². The van der Waals surface area contributed by atoms with E-state index in [1.54, 1.807) is 6.07 Å². The molecule has 0 aliphatic rings. The number of carbonyl (C=O) groups is 1. The lowest BCUT2D eigenvalue weighted by Gasteiger charge is -2.03. The lowest BCUT2D eigenvalue weighted by molar-refractivity contribution is -0.111. The number of rotatable bonds is 7. The van der Waals surface area contributed by atoms with Gasteiger partial charge in [-0.25, -0.2) is 13.1 Å².